The summed E-state index contributed by atoms with van der Waals surface area (Å²) in [6, 6.07) is 0. The summed E-state index contributed by atoms with van der Waals surface area (Å²) in [6.45, 7) is 0.00377. The molecule has 1 heterocycles. The predicted octanol–water partition coefficient (Wildman–Crippen LogP) is -1.55. The molecule has 1 aromatic heterocycles. The molecule has 0 aliphatic rings. The summed E-state index contributed by atoms with van der Waals surface area (Å²) in [5.74, 6) is -2.95. The molecule has 0 fully saturated rings. The molecule has 0 aliphatic heterocycles. The molecule has 16 heavy (non-hydrogen) atoms. The Morgan fingerprint density at radius 2 is 1.94 bits per heavy atom. The molecule has 0 bridgehead atoms. The topological polar surface area (TPSA) is 136 Å². The average Bonchev–Trinajstić information content (AvgIpc) is 2.52. The highest BCUT2D eigenvalue weighted by atomic mass is 31.2. The van der Waals surface area contributed by atoms with Crippen molar-refractivity contribution in [3.63, 3.8) is 0 Å². The Morgan fingerprint density at radius 3 is 2.25 bits per heavy atom. The normalized spacial score (nSPS) is 17.1. The van der Waals surface area contributed by atoms with E-state index in [0.717, 1.165) is 4.57 Å². The van der Waals surface area contributed by atoms with E-state index in [1.54, 1.807) is 0 Å². The minimum atomic E-state index is -5.14. The van der Waals surface area contributed by atoms with Gasteiger partial charge in [-0.2, -0.15) is 0 Å². The fraction of sp³-hybridized carbons (Fsp3) is 0.571. The fourth-order valence-electron chi connectivity index (χ4n) is 1.15. The predicted molar refractivity (Wildman–Crippen MR) is 52.1 cm³/mol. The highest BCUT2D eigenvalue weighted by molar-refractivity contribution is 7.53. The fourth-order valence-corrected chi connectivity index (χ4v) is 2.05. The number of rotatable bonds is 4. The Morgan fingerprint density at radius 1 is 1.38 bits per heavy atom. The number of nitrogens with zero attached hydrogens (tertiary/aromatic N) is 2. The summed E-state index contributed by atoms with van der Waals surface area (Å²) in [5, 5.41) is 25.2. The van der Waals surface area contributed by atoms with E-state index in [-0.39, 0.29) is 0 Å². The first-order chi connectivity index (χ1) is 7.08. The van der Waals surface area contributed by atoms with Gasteiger partial charge < -0.3 is 29.7 Å². The minimum absolute atomic E-state index is 0.694. The van der Waals surface area contributed by atoms with E-state index in [1.165, 1.54) is 18.7 Å². The Labute approximate surface area is 91.0 Å². The van der Waals surface area contributed by atoms with E-state index >= 15 is 0 Å². The monoisotopic (exact) mass is 252 g/mol. The molecule has 0 saturated carbocycles. The van der Waals surface area contributed by atoms with Crippen LogP contribution in [0.25, 0.3) is 0 Å². The van der Waals surface area contributed by atoms with Crippen LogP contribution in [0.2, 0.25) is 0 Å². The molecular formula is C7H13N2O6P. The first-order valence-corrected chi connectivity index (χ1v) is 5.88. The van der Waals surface area contributed by atoms with Crippen LogP contribution in [-0.2, 0) is 11.1 Å². The van der Waals surface area contributed by atoms with Gasteiger partial charge in [-0.15, -0.1) is 0 Å². The largest absolute Gasteiger partial charge is 0.372 e. The molecule has 0 saturated heterocycles. The molecule has 1 atom stereocenters. The molecule has 0 aliphatic carbocycles. The SMILES string of the molecule is CC(O)(O)C(O)(Cn1ccnc1)P(=O)(O)O. The van der Waals surface area contributed by atoms with E-state index in [1.807, 2.05) is 0 Å². The van der Waals surface area contributed by atoms with E-state index in [2.05, 4.69) is 4.98 Å². The van der Waals surface area contributed by atoms with Crippen LogP contribution in [0.5, 0.6) is 0 Å². The van der Waals surface area contributed by atoms with Crippen molar-refractivity contribution in [1.29, 1.82) is 0 Å². The van der Waals surface area contributed by atoms with Crippen molar-refractivity contribution >= 4 is 7.60 Å². The lowest BCUT2D eigenvalue weighted by Crippen LogP contribution is -2.54. The summed E-state index contributed by atoms with van der Waals surface area (Å²) in [7, 11) is -5.14. The van der Waals surface area contributed by atoms with Crippen molar-refractivity contribution in [3.05, 3.63) is 18.7 Å². The second-order valence-electron chi connectivity index (χ2n) is 3.62. The van der Waals surface area contributed by atoms with Crippen molar-refractivity contribution in [2.45, 2.75) is 24.6 Å². The smallest absolute Gasteiger partial charge is 0.364 e. The second kappa shape index (κ2) is 3.92. The number of hydrogen-bond acceptors (Lipinski definition) is 5. The second-order valence-corrected chi connectivity index (χ2v) is 5.44. The molecule has 0 aromatic carbocycles. The average molecular weight is 252 g/mol. The molecule has 1 unspecified atom stereocenters. The minimum Gasteiger partial charge on any atom is -0.372 e. The van der Waals surface area contributed by atoms with Gasteiger partial charge in [-0.3, -0.25) is 4.57 Å². The lowest BCUT2D eigenvalue weighted by atomic mass is 10.1. The number of imidazole rings is 1. The molecule has 9 heteroatoms. The third kappa shape index (κ3) is 2.32. The van der Waals surface area contributed by atoms with Crippen molar-refractivity contribution in [2.24, 2.45) is 0 Å². The van der Waals surface area contributed by atoms with Crippen LogP contribution in [0.15, 0.2) is 18.7 Å². The molecule has 0 amide bonds. The molecule has 8 nitrogen and oxygen atoms in total. The van der Waals surface area contributed by atoms with Crippen LogP contribution in [0.4, 0.5) is 0 Å². The van der Waals surface area contributed by atoms with Gasteiger partial charge in [0.15, 0.2) is 0 Å². The Balaban J connectivity index is 3.12. The maximum atomic E-state index is 11.1. The highest BCUT2D eigenvalue weighted by Crippen LogP contribution is 2.54. The first-order valence-electron chi connectivity index (χ1n) is 4.26. The van der Waals surface area contributed by atoms with E-state index in [9.17, 15) is 19.9 Å². The van der Waals surface area contributed by atoms with Gasteiger partial charge in [0.2, 0.25) is 11.1 Å². The molecule has 92 valence electrons. The number of aromatic nitrogens is 2. The molecule has 5 N–H and O–H groups in total. The van der Waals surface area contributed by atoms with Gasteiger partial charge in [-0.05, 0) is 6.92 Å². The van der Waals surface area contributed by atoms with Crippen molar-refractivity contribution in [3.8, 4) is 0 Å². The zero-order valence-electron chi connectivity index (χ0n) is 8.43. The maximum Gasteiger partial charge on any atom is 0.364 e. The summed E-state index contributed by atoms with van der Waals surface area (Å²) in [6.07, 6.45) is 3.84. The van der Waals surface area contributed by atoms with Crippen LogP contribution in [-0.4, -0.2) is 45.8 Å². The van der Waals surface area contributed by atoms with Gasteiger partial charge in [-0.1, -0.05) is 0 Å². The zero-order chi connectivity index (χ0) is 12.6. The first kappa shape index (κ1) is 13.3. The molecule has 1 rings (SSSR count). The molecular weight excluding hydrogens is 239 g/mol. The summed E-state index contributed by atoms with van der Waals surface area (Å²) < 4.78 is 12.2. The standard InChI is InChI=1S/C7H13N2O6P/c1-6(10,11)7(12,16(13,14)15)4-9-3-2-8-5-9/h2-3,5,10-12H,4H2,1H3,(H2,13,14,15). The summed E-state index contributed by atoms with van der Waals surface area (Å²) in [5.41, 5.74) is 0. The van der Waals surface area contributed by atoms with Crippen LogP contribution in [0.1, 0.15) is 6.92 Å². The summed E-state index contributed by atoms with van der Waals surface area (Å²) in [4.78, 5) is 21.6. The third-order valence-electron chi connectivity index (χ3n) is 2.20. The lowest BCUT2D eigenvalue weighted by molar-refractivity contribution is -0.239. The van der Waals surface area contributed by atoms with E-state index < -0.39 is 25.3 Å². The van der Waals surface area contributed by atoms with Gasteiger partial charge in [-0.25, -0.2) is 4.98 Å². The quantitative estimate of drug-likeness (QED) is 0.323. The third-order valence-corrected chi connectivity index (χ3v) is 3.73. The van der Waals surface area contributed by atoms with Gasteiger partial charge in [0.05, 0.1) is 12.9 Å². The van der Waals surface area contributed by atoms with E-state index in [4.69, 9.17) is 9.79 Å². The Kier molecular flexibility index (Phi) is 3.26. The van der Waals surface area contributed by atoms with Crippen LogP contribution in [0, 0.1) is 0 Å². The van der Waals surface area contributed by atoms with Crippen LogP contribution < -0.4 is 0 Å². The van der Waals surface area contributed by atoms with Gasteiger partial charge in [0.25, 0.3) is 0 Å². The Hall–Kier alpha value is -0.760. The van der Waals surface area contributed by atoms with Gasteiger partial charge in [0, 0.05) is 12.4 Å². The number of aliphatic hydroxyl groups is 3. The van der Waals surface area contributed by atoms with Crippen molar-refractivity contribution in [1.82, 2.24) is 9.55 Å². The van der Waals surface area contributed by atoms with E-state index in [0.29, 0.717) is 6.92 Å². The summed E-state index contributed by atoms with van der Waals surface area (Å²) >= 11 is 0. The number of hydrogen-bond donors (Lipinski definition) is 5. The van der Waals surface area contributed by atoms with Gasteiger partial charge in [0.1, 0.15) is 0 Å². The van der Waals surface area contributed by atoms with Gasteiger partial charge >= 0.3 is 7.60 Å². The highest BCUT2D eigenvalue weighted by Gasteiger charge is 2.58. The molecule has 0 spiro atoms. The van der Waals surface area contributed by atoms with Crippen molar-refractivity contribution < 1.29 is 29.7 Å². The molecule has 1 aromatic rings. The Bertz CT molecular complexity index is 394. The van der Waals surface area contributed by atoms with Crippen LogP contribution in [0.3, 0.4) is 0 Å². The maximum absolute atomic E-state index is 11.1. The zero-order valence-corrected chi connectivity index (χ0v) is 9.32. The van der Waals surface area contributed by atoms with Crippen LogP contribution >= 0.6 is 7.60 Å². The molecule has 0 radical (unpaired) electrons. The van der Waals surface area contributed by atoms with Crippen molar-refractivity contribution in [2.75, 3.05) is 0 Å². The lowest BCUT2D eigenvalue weighted by Gasteiger charge is -2.37.